The molecule has 2 heterocycles. The summed E-state index contributed by atoms with van der Waals surface area (Å²) in [6.07, 6.45) is 5.19. The molecule has 1 aromatic carbocycles. The van der Waals surface area contributed by atoms with E-state index in [2.05, 4.69) is 10.6 Å². The highest BCUT2D eigenvalue weighted by Gasteiger charge is 2.40. The molecule has 0 spiro atoms. The molecule has 1 aromatic rings. The van der Waals surface area contributed by atoms with E-state index in [4.69, 9.17) is 17.2 Å². The first kappa shape index (κ1) is 35.7. The lowest BCUT2D eigenvalue weighted by atomic mass is 10.0. The Labute approximate surface area is 264 Å². The van der Waals surface area contributed by atoms with Gasteiger partial charge in [-0.1, -0.05) is 18.6 Å². The van der Waals surface area contributed by atoms with Crippen molar-refractivity contribution in [2.24, 2.45) is 17.2 Å². The Morgan fingerprint density at radius 1 is 0.800 bits per heavy atom. The molecule has 0 saturated carbocycles. The molecule has 0 aromatic heterocycles. The van der Waals surface area contributed by atoms with Crippen molar-refractivity contribution in [1.29, 1.82) is 0 Å². The maximum atomic E-state index is 13.8. The number of hydrogen-bond acceptors (Lipinski definition) is 9. The second-order valence-corrected chi connectivity index (χ2v) is 11.9. The van der Waals surface area contributed by atoms with Crippen molar-refractivity contribution in [1.82, 2.24) is 20.4 Å². The average Bonchev–Trinajstić information content (AvgIpc) is 3.71. The van der Waals surface area contributed by atoms with Crippen LogP contribution in [0.15, 0.2) is 24.3 Å². The van der Waals surface area contributed by atoms with Crippen LogP contribution in [0.1, 0.15) is 69.8 Å². The molecule has 0 aliphatic carbocycles. The van der Waals surface area contributed by atoms with Crippen molar-refractivity contribution < 1.29 is 34.2 Å². The van der Waals surface area contributed by atoms with E-state index in [0.29, 0.717) is 76.6 Å². The molecule has 0 unspecified atom stereocenters. The SMILES string of the molecule is NCCCC[C@H](NC(=O)[C@H](Cc1ccc(O)cc1)NC(=O)[C@@H]1CCCN1C(=O)[C@@H](N)CCCCN)C(=O)N1CCC[C@H]1C(=O)O. The van der Waals surface area contributed by atoms with Crippen LogP contribution in [-0.4, -0.2) is 106 Å². The Morgan fingerprint density at radius 2 is 1.38 bits per heavy atom. The van der Waals surface area contributed by atoms with Crippen molar-refractivity contribution in [2.75, 3.05) is 26.2 Å². The van der Waals surface area contributed by atoms with Crippen molar-refractivity contribution >= 4 is 29.6 Å². The fourth-order valence-corrected chi connectivity index (χ4v) is 6.00. The lowest BCUT2D eigenvalue weighted by Gasteiger charge is -2.30. The lowest BCUT2D eigenvalue weighted by Crippen LogP contribution is -2.58. The number of carbonyl (C=O) groups excluding carboxylic acids is 4. The molecule has 10 N–H and O–H groups in total. The summed E-state index contributed by atoms with van der Waals surface area (Å²) in [5.74, 6) is -3.01. The average molecular weight is 632 g/mol. The van der Waals surface area contributed by atoms with Gasteiger partial charge in [0.1, 0.15) is 29.9 Å². The predicted octanol–water partition coefficient (Wildman–Crippen LogP) is -0.444. The summed E-state index contributed by atoms with van der Waals surface area (Å²) in [6.45, 7) is 1.53. The molecule has 4 amide bonds. The van der Waals surface area contributed by atoms with Gasteiger partial charge in [0, 0.05) is 19.5 Å². The first-order valence-corrected chi connectivity index (χ1v) is 16.0. The molecule has 14 nitrogen and oxygen atoms in total. The minimum Gasteiger partial charge on any atom is -0.508 e. The van der Waals surface area contributed by atoms with E-state index in [1.165, 1.54) is 21.9 Å². The highest BCUT2D eigenvalue weighted by molar-refractivity contribution is 5.96. The number of aromatic hydroxyl groups is 1. The number of hydrogen-bond donors (Lipinski definition) is 7. The zero-order chi connectivity index (χ0) is 32.9. The van der Waals surface area contributed by atoms with Crippen LogP contribution in [0.2, 0.25) is 0 Å². The van der Waals surface area contributed by atoms with E-state index in [1.54, 1.807) is 12.1 Å². The molecule has 0 radical (unpaired) electrons. The number of carboxylic acid groups (broad SMARTS) is 1. The van der Waals surface area contributed by atoms with E-state index in [-0.39, 0.29) is 31.0 Å². The highest BCUT2D eigenvalue weighted by atomic mass is 16.4. The van der Waals surface area contributed by atoms with Gasteiger partial charge in [0.05, 0.1) is 6.04 Å². The van der Waals surface area contributed by atoms with Gasteiger partial charge >= 0.3 is 5.97 Å². The molecule has 2 aliphatic rings. The highest BCUT2D eigenvalue weighted by Crippen LogP contribution is 2.22. The summed E-state index contributed by atoms with van der Waals surface area (Å²) < 4.78 is 0. The van der Waals surface area contributed by atoms with Crippen molar-refractivity contribution in [3.05, 3.63) is 29.8 Å². The van der Waals surface area contributed by atoms with Gasteiger partial charge in [-0.25, -0.2) is 4.79 Å². The molecule has 3 rings (SSSR count). The zero-order valence-corrected chi connectivity index (χ0v) is 25.9. The van der Waals surface area contributed by atoms with Crippen LogP contribution in [-0.2, 0) is 30.4 Å². The van der Waals surface area contributed by atoms with E-state index in [1.807, 2.05) is 0 Å². The van der Waals surface area contributed by atoms with Crippen LogP contribution < -0.4 is 27.8 Å². The predicted molar refractivity (Wildman–Crippen MR) is 167 cm³/mol. The lowest BCUT2D eigenvalue weighted by molar-refractivity contribution is -0.149. The minimum atomic E-state index is -1.13. The van der Waals surface area contributed by atoms with Crippen LogP contribution >= 0.6 is 0 Å². The summed E-state index contributed by atoms with van der Waals surface area (Å²) in [5.41, 5.74) is 18.0. The number of phenolic OH excluding ortho intramolecular Hbond substituents is 1. The summed E-state index contributed by atoms with van der Waals surface area (Å²) >= 11 is 0. The molecule has 14 heteroatoms. The molecular formula is C31H49N7O7. The monoisotopic (exact) mass is 631 g/mol. The van der Waals surface area contributed by atoms with Crippen LogP contribution in [0.4, 0.5) is 0 Å². The van der Waals surface area contributed by atoms with Crippen LogP contribution in [0.5, 0.6) is 5.75 Å². The number of amides is 4. The van der Waals surface area contributed by atoms with Crippen LogP contribution in [0.25, 0.3) is 0 Å². The number of likely N-dealkylation sites (tertiary alicyclic amines) is 2. The van der Waals surface area contributed by atoms with Gasteiger partial charge < -0.3 is 47.8 Å². The topological polar surface area (TPSA) is 234 Å². The molecule has 2 saturated heterocycles. The minimum absolute atomic E-state index is 0.0378. The van der Waals surface area contributed by atoms with Crippen LogP contribution in [0.3, 0.4) is 0 Å². The summed E-state index contributed by atoms with van der Waals surface area (Å²) in [4.78, 5) is 68.7. The van der Waals surface area contributed by atoms with E-state index in [9.17, 15) is 34.2 Å². The number of benzene rings is 1. The standard InChI is InChI=1S/C31H49N7O7/c32-15-3-1-7-22(34)29(42)37-17-5-9-25(37)28(41)36-24(19-20-11-13-21(39)14-12-20)27(40)35-23(8-2-4-16-33)30(43)38-18-6-10-26(38)31(44)45/h11-14,22-26,39H,1-10,15-19,32-34H2,(H,35,40)(H,36,41)(H,44,45)/t22-,23-,24-,25-,26-/m0/s1. The Bertz CT molecular complexity index is 1170. The van der Waals surface area contributed by atoms with Gasteiger partial charge in [-0.05, 0) is 88.6 Å². The first-order valence-electron chi connectivity index (χ1n) is 16.0. The van der Waals surface area contributed by atoms with E-state index < -0.39 is 53.9 Å². The number of aliphatic carboxylic acids is 1. The third kappa shape index (κ3) is 10.1. The Hall–Kier alpha value is -3.75. The maximum absolute atomic E-state index is 13.8. The number of rotatable bonds is 17. The molecule has 45 heavy (non-hydrogen) atoms. The summed E-state index contributed by atoms with van der Waals surface area (Å²) in [5, 5.41) is 24.9. The Morgan fingerprint density at radius 3 is 1.98 bits per heavy atom. The molecule has 2 aliphatic heterocycles. The van der Waals surface area contributed by atoms with Crippen molar-refractivity contribution in [3.8, 4) is 5.75 Å². The molecule has 2 fully saturated rings. The Kier molecular flexibility index (Phi) is 14.0. The quantitative estimate of drug-likeness (QED) is 0.109. The largest absolute Gasteiger partial charge is 0.508 e. The first-order chi connectivity index (χ1) is 21.6. The smallest absolute Gasteiger partial charge is 0.326 e. The number of carbonyl (C=O) groups is 5. The molecule has 250 valence electrons. The fraction of sp³-hybridized carbons (Fsp3) is 0.645. The maximum Gasteiger partial charge on any atom is 0.326 e. The third-order valence-electron chi connectivity index (χ3n) is 8.52. The van der Waals surface area contributed by atoms with Crippen molar-refractivity contribution in [3.63, 3.8) is 0 Å². The number of carboxylic acids is 1. The third-order valence-corrected chi connectivity index (χ3v) is 8.52. The molecule has 5 atom stereocenters. The fourth-order valence-electron chi connectivity index (χ4n) is 6.00. The van der Waals surface area contributed by atoms with Gasteiger partial charge in [0.15, 0.2) is 0 Å². The zero-order valence-electron chi connectivity index (χ0n) is 25.9. The Balaban J connectivity index is 1.80. The number of nitrogens with two attached hydrogens (primary N) is 3. The van der Waals surface area contributed by atoms with Crippen molar-refractivity contribution in [2.45, 2.75) is 101 Å². The second-order valence-electron chi connectivity index (χ2n) is 11.9. The number of phenols is 1. The van der Waals surface area contributed by atoms with Gasteiger partial charge in [-0.15, -0.1) is 0 Å². The van der Waals surface area contributed by atoms with E-state index >= 15 is 0 Å². The van der Waals surface area contributed by atoms with Gasteiger partial charge in [0.2, 0.25) is 23.6 Å². The van der Waals surface area contributed by atoms with Crippen LogP contribution in [0, 0.1) is 0 Å². The second kappa shape index (κ2) is 17.7. The van der Waals surface area contributed by atoms with Gasteiger partial charge in [-0.2, -0.15) is 0 Å². The van der Waals surface area contributed by atoms with Gasteiger partial charge in [-0.3, -0.25) is 19.2 Å². The normalized spacial score (nSPS) is 20.0. The number of nitrogens with one attached hydrogen (secondary N) is 2. The molecular weight excluding hydrogens is 582 g/mol. The summed E-state index contributed by atoms with van der Waals surface area (Å²) in [6, 6.07) is 1.50. The van der Waals surface area contributed by atoms with E-state index in [0.717, 1.165) is 6.42 Å². The number of nitrogens with zero attached hydrogens (tertiary/aromatic N) is 2. The molecule has 0 bridgehead atoms. The summed E-state index contributed by atoms with van der Waals surface area (Å²) in [7, 11) is 0. The van der Waals surface area contributed by atoms with Gasteiger partial charge in [0.25, 0.3) is 0 Å². The number of unbranched alkanes of at least 4 members (excludes halogenated alkanes) is 2.